The van der Waals surface area contributed by atoms with Gasteiger partial charge < -0.3 is 9.73 Å². The average molecular weight is 287 g/mol. The van der Waals surface area contributed by atoms with Gasteiger partial charge in [0.1, 0.15) is 0 Å². The average Bonchev–Trinajstić information content (AvgIpc) is 2.84. The van der Waals surface area contributed by atoms with Crippen LogP contribution in [0, 0.1) is 0 Å². The van der Waals surface area contributed by atoms with Crippen LogP contribution in [-0.2, 0) is 0 Å². The lowest BCUT2D eigenvalue weighted by Gasteiger charge is -2.03. The van der Waals surface area contributed by atoms with Crippen LogP contribution in [0.1, 0.15) is 18.9 Å². The lowest BCUT2D eigenvalue weighted by molar-refractivity contribution is 0.442. The van der Waals surface area contributed by atoms with Crippen molar-refractivity contribution in [3.05, 3.63) is 28.0 Å². The van der Waals surface area contributed by atoms with Crippen LogP contribution in [0.4, 0.5) is 0 Å². The van der Waals surface area contributed by atoms with Gasteiger partial charge in [0.2, 0.25) is 5.89 Å². The number of nitrogens with one attached hydrogen (secondary N) is 1. The first-order chi connectivity index (χ1) is 7.22. The minimum Gasteiger partial charge on any atom is -0.438 e. The first kappa shape index (κ1) is 10.9. The van der Waals surface area contributed by atoms with E-state index in [1.165, 1.54) is 0 Å². The van der Waals surface area contributed by atoms with E-state index in [2.05, 4.69) is 26.2 Å². The van der Waals surface area contributed by atoms with Crippen molar-refractivity contribution in [1.29, 1.82) is 0 Å². The predicted octanol–water partition coefficient (Wildman–Crippen LogP) is 3.45. The summed E-state index contributed by atoms with van der Waals surface area (Å²) in [5.41, 5.74) is 0. The van der Waals surface area contributed by atoms with E-state index in [1.807, 2.05) is 25.4 Å². The standard InChI is InChI=1S/C10H11BrN2OS/c1-6(12-2)10-13-5-8(14-10)9-7(11)3-4-15-9/h3-6,12H,1-2H3. The molecule has 0 aliphatic heterocycles. The molecule has 2 rings (SSSR count). The fraction of sp³-hybridized carbons (Fsp3) is 0.300. The van der Waals surface area contributed by atoms with Crippen molar-refractivity contribution in [2.75, 3.05) is 7.05 Å². The molecule has 2 aromatic rings. The summed E-state index contributed by atoms with van der Waals surface area (Å²) in [6.07, 6.45) is 1.76. The summed E-state index contributed by atoms with van der Waals surface area (Å²) in [5.74, 6) is 1.53. The number of rotatable bonds is 3. The minimum absolute atomic E-state index is 0.137. The van der Waals surface area contributed by atoms with Crippen LogP contribution in [0.15, 0.2) is 26.5 Å². The summed E-state index contributed by atoms with van der Waals surface area (Å²) in [7, 11) is 1.88. The molecule has 1 atom stereocenters. The zero-order chi connectivity index (χ0) is 10.8. The molecule has 0 aliphatic carbocycles. The molecule has 2 heterocycles. The highest BCUT2D eigenvalue weighted by Gasteiger charge is 2.13. The van der Waals surface area contributed by atoms with Gasteiger partial charge in [0.25, 0.3) is 0 Å². The van der Waals surface area contributed by atoms with Crippen LogP contribution in [0.25, 0.3) is 10.6 Å². The fourth-order valence-electron chi connectivity index (χ4n) is 1.19. The maximum atomic E-state index is 5.67. The van der Waals surface area contributed by atoms with Gasteiger partial charge in [-0.3, -0.25) is 0 Å². The van der Waals surface area contributed by atoms with E-state index in [-0.39, 0.29) is 6.04 Å². The molecule has 0 fully saturated rings. The largest absolute Gasteiger partial charge is 0.438 e. The smallest absolute Gasteiger partial charge is 0.211 e. The van der Waals surface area contributed by atoms with Gasteiger partial charge in [-0.2, -0.15) is 0 Å². The first-order valence-corrected chi connectivity index (χ1v) is 6.26. The van der Waals surface area contributed by atoms with Gasteiger partial charge in [-0.1, -0.05) is 0 Å². The molecule has 0 saturated heterocycles. The number of hydrogen-bond acceptors (Lipinski definition) is 4. The van der Waals surface area contributed by atoms with Gasteiger partial charge in [0.15, 0.2) is 5.76 Å². The summed E-state index contributed by atoms with van der Waals surface area (Å²) >= 11 is 5.11. The second kappa shape index (κ2) is 4.47. The van der Waals surface area contributed by atoms with Crippen molar-refractivity contribution in [1.82, 2.24) is 10.3 Å². The number of hydrogen-bond donors (Lipinski definition) is 1. The molecule has 0 spiro atoms. The molecule has 1 N–H and O–H groups in total. The van der Waals surface area contributed by atoms with E-state index in [9.17, 15) is 0 Å². The maximum Gasteiger partial charge on any atom is 0.211 e. The minimum atomic E-state index is 0.137. The number of thiophene rings is 1. The normalized spacial score (nSPS) is 13.0. The Morgan fingerprint density at radius 2 is 2.40 bits per heavy atom. The third kappa shape index (κ3) is 2.14. The molecular formula is C10H11BrN2OS. The Kier molecular flexibility index (Phi) is 3.23. The molecule has 2 aromatic heterocycles. The van der Waals surface area contributed by atoms with Crippen LogP contribution >= 0.6 is 27.3 Å². The number of aromatic nitrogens is 1. The summed E-state index contributed by atoms with van der Waals surface area (Å²) in [6.45, 7) is 2.01. The summed E-state index contributed by atoms with van der Waals surface area (Å²) in [5, 5.41) is 5.11. The van der Waals surface area contributed by atoms with Crippen molar-refractivity contribution in [2.45, 2.75) is 13.0 Å². The third-order valence-corrected chi connectivity index (χ3v) is 4.02. The number of halogens is 1. The molecule has 1 unspecified atom stereocenters. The summed E-state index contributed by atoms with van der Waals surface area (Å²) in [6, 6.07) is 2.14. The Labute approximate surface area is 101 Å². The van der Waals surface area contributed by atoms with Gasteiger partial charge in [-0.25, -0.2) is 4.98 Å². The highest BCUT2D eigenvalue weighted by Crippen LogP contribution is 2.34. The molecule has 0 bridgehead atoms. The van der Waals surface area contributed by atoms with Crippen molar-refractivity contribution >= 4 is 27.3 Å². The zero-order valence-corrected chi connectivity index (χ0v) is 10.9. The van der Waals surface area contributed by atoms with Gasteiger partial charge in [-0.15, -0.1) is 11.3 Å². The Balaban J connectivity index is 2.32. The monoisotopic (exact) mass is 286 g/mol. The second-order valence-corrected chi connectivity index (χ2v) is 4.94. The first-order valence-electron chi connectivity index (χ1n) is 4.58. The highest BCUT2D eigenvalue weighted by atomic mass is 79.9. The van der Waals surface area contributed by atoms with Crippen LogP contribution in [0.5, 0.6) is 0 Å². The molecule has 0 radical (unpaired) electrons. The topological polar surface area (TPSA) is 38.1 Å². The van der Waals surface area contributed by atoms with Crippen LogP contribution < -0.4 is 5.32 Å². The van der Waals surface area contributed by atoms with Gasteiger partial charge >= 0.3 is 0 Å². The van der Waals surface area contributed by atoms with E-state index >= 15 is 0 Å². The molecule has 0 amide bonds. The van der Waals surface area contributed by atoms with Crippen LogP contribution in [-0.4, -0.2) is 12.0 Å². The lowest BCUT2D eigenvalue weighted by Crippen LogP contribution is -2.12. The highest BCUT2D eigenvalue weighted by molar-refractivity contribution is 9.10. The SMILES string of the molecule is CNC(C)c1ncc(-c2sccc2Br)o1. The molecule has 80 valence electrons. The quantitative estimate of drug-likeness (QED) is 0.939. The van der Waals surface area contributed by atoms with Gasteiger partial charge in [-0.05, 0) is 41.3 Å². The second-order valence-electron chi connectivity index (χ2n) is 3.17. The summed E-state index contributed by atoms with van der Waals surface area (Å²) in [4.78, 5) is 5.32. The molecule has 0 saturated carbocycles. The Hall–Kier alpha value is -0.650. The van der Waals surface area contributed by atoms with Crippen molar-refractivity contribution in [2.24, 2.45) is 0 Å². The molecule has 15 heavy (non-hydrogen) atoms. The van der Waals surface area contributed by atoms with E-state index < -0.39 is 0 Å². The molecular weight excluding hydrogens is 276 g/mol. The van der Waals surface area contributed by atoms with E-state index in [4.69, 9.17) is 4.42 Å². The lowest BCUT2D eigenvalue weighted by atomic mass is 10.3. The molecule has 0 aromatic carbocycles. The van der Waals surface area contributed by atoms with Crippen molar-refractivity contribution in [3.8, 4) is 10.6 Å². The number of oxazole rings is 1. The van der Waals surface area contributed by atoms with E-state index in [1.54, 1.807) is 17.5 Å². The fourth-order valence-corrected chi connectivity index (χ4v) is 2.70. The Morgan fingerprint density at radius 3 is 3.00 bits per heavy atom. The van der Waals surface area contributed by atoms with Crippen LogP contribution in [0.2, 0.25) is 0 Å². The van der Waals surface area contributed by atoms with E-state index in [0.29, 0.717) is 5.89 Å². The molecule has 3 nitrogen and oxygen atoms in total. The van der Waals surface area contributed by atoms with Crippen molar-refractivity contribution < 1.29 is 4.42 Å². The Morgan fingerprint density at radius 1 is 1.60 bits per heavy atom. The Bertz CT molecular complexity index is 452. The third-order valence-electron chi connectivity index (χ3n) is 2.17. The van der Waals surface area contributed by atoms with Gasteiger partial charge in [0.05, 0.1) is 17.1 Å². The van der Waals surface area contributed by atoms with Gasteiger partial charge in [0, 0.05) is 4.47 Å². The number of nitrogens with zero attached hydrogens (tertiary/aromatic N) is 1. The van der Waals surface area contributed by atoms with Crippen molar-refractivity contribution in [3.63, 3.8) is 0 Å². The molecule has 5 heteroatoms. The van der Waals surface area contributed by atoms with Crippen LogP contribution in [0.3, 0.4) is 0 Å². The summed E-state index contributed by atoms with van der Waals surface area (Å²) < 4.78 is 6.72. The zero-order valence-electron chi connectivity index (χ0n) is 8.45. The molecule has 0 aliphatic rings. The predicted molar refractivity (Wildman–Crippen MR) is 65.0 cm³/mol. The van der Waals surface area contributed by atoms with E-state index in [0.717, 1.165) is 15.1 Å². The maximum absolute atomic E-state index is 5.67.